The number of ether oxygens (including phenoxy) is 1. The van der Waals surface area contributed by atoms with Crippen molar-refractivity contribution in [2.24, 2.45) is 0 Å². The first-order valence-electron chi connectivity index (χ1n) is 6.11. The van der Waals surface area contributed by atoms with Gasteiger partial charge in [-0.2, -0.15) is 0 Å². The molecule has 0 unspecified atom stereocenters. The van der Waals surface area contributed by atoms with Gasteiger partial charge in [0.15, 0.2) is 0 Å². The van der Waals surface area contributed by atoms with Crippen LogP contribution in [-0.2, 0) is 17.8 Å². The van der Waals surface area contributed by atoms with E-state index in [0.717, 1.165) is 31.8 Å². The molecule has 0 aliphatic heterocycles. The Kier molecular flexibility index (Phi) is 5.51. The van der Waals surface area contributed by atoms with Gasteiger partial charge >= 0.3 is 0 Å². The van der Waals surface area contributed by atoms with Crippen LogP contribution in [0.4, 0.5) is 5.82 Å². The summed E-state index contributed by atoms with van der Waals surface area (Å²) >= 11 is 7.05. The second-order valence-corrected chi connectivity index (χ2v) is 5.85. The average molecular weight is 401 g/mol. The first-order valence-corrected chi connectivity index (χ1v) is 7.69. The molecule has 0 aliphatic carbocycles. The molecule has 106 valence electrons. The summed E-state index contributed by atoms with van der Waals surface area (Å²) in [6.07, 6.45) is 0.667. The summed E-state index contributed by atoms with van der Waals surface area (Å²) in [4.78, 5) is 9.09. The predicted molar refractivity (Wildman–Crippen MR) is 86.9 cm³/mol. The number of aromatic nitrogens is 2. The number of hydrogen-bond acceptors (Lipinski definition) is 4. The summed E-state index contributed by atoms with van der Waals surface area (Å²) in [6.45, 7) is 0.445. The van der Waals surface area contributed by atoms with Crippen molar-refractivity contribution >= 4 is 37.7 Å². The van der Waals surface area contributed by atoms with Gasteiger partial charge in [-0.25, -0.2) is 9.97 Å². The maximum absolute atomic E-state index is 5.18. The molecule has 1 aromatic carbocycles. The number of hydrogen-bond donors (Lipinski definition) is 1. The lowest BCUT2D eigenvalue weighted by atomic mass is 10.1. The molecule has 2 aromatic rings. The van der Waals surface area contributed by atoms with Crippen molar-refractivity contribution in [3.63, 3.8) is 0 Å². The van der Waals surface area contributed by atoms with Gasteiger partial charge in [0.25, 0.3) is 0 Å². The molecule has 0 aliphatic rings. The van der Waals surface area contributed by atoms with Crippen LogP contribution in [0.2, 0.25) is 0 Å². The molecule has 0 saturated carbocycles. The molecule has 1 aromatic heterocycles. The number of benzene rings is 1. The van der Waals surface area contributed by atoms with Crippen LogP contribution in [0.25, 0.3) is 0 Å². The highest BCUT2D eigenvalue weighted by molar-refractivity contribution is 9.11. The second kappa shape index (κ2) is 7.15. The zero-order chi connectivity index (χ0) is 14.5. The second-order valence-electron chi connectivity index (χ2n) is 4.20. The zero-order valence-corrected chi connectivity index (χ0v) is 14.5. The normalized spacial score (nSPS) is 10.6. The fraction of sp³-hybridized carbons (Fsp3) is 0.286. The summed E-state index contributed by atoms with van der Waals surface area (Å²) in [5.74, 6) is 1.53. The number of rotatable bonds is 5. The standard InChI is InChI=1S/C14H15Br2N3O/c1-17-14-13(16)11(8-20-2)18-12(19-14)7-9-5-3-4-6-10(9)15/h3-6H,7-8H2,1-2H3,(H,17,18,19). The van der Waals surface area contributed by atoms with Gasteiger partial charge in [-0.1, -0.05) is 34.1 Å². The number of halogens is 2. The molecule has 1 N–H and O–H groups in total. The first-order chi connectivity index (χ1) is 9.65. The van der Waals surface area contributed by atoms with E-state index in [9.17, 15) is 0 Å². The number of nitrogens with one attached hydrogen (secondary N) is 1. The molecule has 0 fully saturated rings. The van der Waals surface area contributed by atoms with Crippen LogP contribution in [0.15, 0.2) is 33.2 Å². The summed E-state index contributed by atoms with van der Waals surface area (Å²) in [5.41, 5.74) is 1.99. The highest BCUT2D eigenvalue weighted by Gasteiger charge is 2.12. The Hall–Kier alpha value is -0.980. The molecule has 4 nitrogen and oxygen atoms in total. The smallest absolute Gasteiger partial charge is 0.144 e. The third-order valence-electron chi connectivity index (χ3n) is 2.79. The monoisotopic (exact) mass is 399 g/mol. The molecule has 0 bridgehead atoms. The first kappa shape index (κ1) is 15.4. The molecular weight excluding hydrogens is 386 g/mol. The Morgan fingerprint density at radius 2 is 1.95 bits per heavy atom. The summed E-state index contributed by atoms with van der Waals surface area (Å²) < 4.78 is 7.09. The van der Waals surface area contributed by atoms with Crippen LogP contribution in [0.1, 0.15) is 17.1 Å². The molecule has 0 saturated heterocycles. The number of nitrogens with zero attached hydrogens (tertiary/aromatic N) is 2. The predicted octanol–water partition coefficient (Wildman–Crippen LogP) is 3.78. The molecule has 1 heterocycles. The van der Waals surface area contributed by atoms with E-state index in [-0.39, 0.29) is 0 Å². The van der Waals surface area contributed by atoms with Gasteiger partial charge in [0.1, 0.15) is 11.6 Å². The molecule has 20 heavy (non-hydrogen) atoms. The maximum atomic E-state index is 5.18. The average Bonchev–Trinajstić information content (AvgIpc) is 2.45. The van der Waals surface area contributed by atoms with Crippen molar-refractivity contribution in [1.82, 2.24) is 9.97 Å². The fourth-order valence-electron chi connectivity index (χ4n) is 1.83. The van der Waals surface area contributed by atoms with Crippen LogP contribution in [0.5, 0.6) is 0 Å². The SMILES string of the molecule is CNc1nc(Cc2ccccc2Br)nc(COC)c1Br. The minimum absolute atomic E-state index is 0.445. The van der Waals surface area contributed by atoms with E-state index < -0.39 is 0 Å². The highest BCUT2D eigenvalue weighted by Crippen LogP contribution is 2.25. The van der Waals surface area contributed by atoms with E-state index in [1.807, 2.05) is 25.2 Å². The van der Waals surface area contributed by atoms with Crippen LogP contribution in [0.3, 0.4) is 0 Å². The van der Waals surface area contributed by atoms with E-state index in [0.29, 0.717) is 13.0 Å². The van der Waals surface area contributed by atoms with Gasteiger partial charge in [0.2, 0.25) is 0 Å². The van der Waals surface area contributed by atoms with Gasteiger partial charge in [-0.3, -0.25) is 0 Å². The van der Waals surface area contributed by atoms with Gasteiger partial charge < -0.3 is 10.1 Å². The van der Waals surface area contributed by atoms with Crippen molar-refractivity contribution in [2.75, 3.05) is 19.5 Å². The molecule has 6 heteroatoms. The Morgan fingerprint density at radius 3 is 2.60 bits per heavy atom. The molecule has 0 amide bonds. The topological polar surface area (TPSA) is 47.0 Å². The van der Waals surface area contributed by atoms with Crippen molar-refractivity contribution in [1.29, 1.82) is 0 Å². The van der Waals surface area contributed by atoms with E-state index >= 15 is 0 Å². The van der Waals surface area contributed by atoms with Gasteiger partial charge in [-0.05, 0) is 27.6 Å². The Morgan fingerprint density at radius 1 is 1.20 bits per heavy atom. The fourth-order valence-corrected chi connectivity index (χ4v) is 2.75. The van der Waals surface area contributed by atoms with Gasteiger partial charge in [-0.15, -0.1) is 0 Å². The highest BCUT2D eigenvalue weighted by atomic mass is 79.9. The van der Waals surface area contributed by atoms with Crippen LogP contribution in [-0.4, -0.2) is 24.1 Å². The third-order valence-corrected chi connectivity index (χ3v) is 4.40. The quantitative estimate of drug-likeness (QED) is 0.829. The lowest BCUT2D eigenvalue weighted by Gasteiger charge is -2.11. The lowest BCUT2D eigenvalue weighted by molar-refractivity contribution is 0.180. The summed E-state index contributed by atoms with van der Waals surface area (Å²) in [5, 5.41) is 3.07. The maximum Gasteiger partial charge on any atom is 0.144 e. The zero-order valence-electron chi connectivity index (χ0n) is 11.3. The lowest BCUT2D eigenvalue weighted by Crippen LogP contribution is -2.07. The Labute approximate surface area is 135 Å². The van der Waals surface area contributed by atoms with Crippen molar-refractivity contribution < 1.29 is 4.74 Å². The summed E-state index contributed by atoms with van der Waals surface area (Å²) in [7, 11) is 3.49. The van der Waals surface area contributed by atoms with Crippen molar-refractivity contribution in [3.8, 4) is 0 Å². The number of anilines is 1. The van der Waals surface area contributed by atoms with Crippen LogP contribution in [0, 0.1) is 0 Å². The molecule has 2 rings (SSSR count). The van der Waals surface area contributed by atoms with Crippen molar-refractivity contribution in [2.45, 2.75) is 13.0 Å². The van der Waals surface area contributed by atoms with Crippen LogP contribution >= 0.6 is 31.9 Å². The molecule has 0 atom stereocenters. The van der Waals surface area contributed by atoms with E-state index in [2.05, 4.69) is 53.2 Å². The molecule has 0 radical (unpaired) electrons. The third kappa shape index (κ3) is 3.56. The number of methoxy groups -OCH3 is 1. The molecule has 0 spiro atoms. The van der Waals surface area contributed by atoms with E-state index in [4.69, 9.17) is 4.74 Å². The Balaban J connectivity index is 2.37. The van der Waals surface area contributed by atoms with E-state index in [1.165, 1.54) is 0 Å². The minimum Gasteiger partial charge on any atom is -0.378 e. The minimum atomic E-state index is 0.445. The largest absolute Gasteiger partial charge is 0.378 e. The van der Waals surface area contributed by atoms with E-state index in [1.54, 1.807) is 7.11 Å². The van der Waals surface area contributed by atoms with Crippen LogP contribution < -0.4 is 5.32 Å². The van der Waals surface area contributed by atoms with Gasteiger partial charge in [0, 0.05) is 25.1 Å². The van der Waals surface area contributed by atoms with Gasteiger partial charge in [0.05, 0.1) is 16.8 Å². The molecular formula is C14H15Br2N3O. The Bertz CT molecular complexity index is 605. The van der Waals surface area contributed by atoms with Crippen molar-refractivity contribution in [3.05, 3.63) is 50.3 Å². The summed E-state index contributed by atoms with van der Waals surface area (Å²) in [6, 6.07) is 8.08.